The van der Waals surface area contributed by atoms with Gasteiger partial charge in [-0.1, -0.05) is 12.1 Å². The number of methoxy groups -OCH3 is 1. The molecule has 0 aliphatic carbocycles. The molecule has 3 N–H and O–H groups in total. The minimum atomic E-state index is -5.08. The lowest BCUT2D eigenvalue weighted by Crippen LogP contribution is -2.30. The van der Waals surface area contributed by atoms with E-state index in [0.29, 0.717) is 0 Å². The highest BCUT2D eigenvalue weighted by molar-refractivity contribution is 5.73. The largest absolute Gasteiger partial charge is 0.497 e. The Bertz CT molecular complexity index is 1030. The van der Waals surface area contributed by atoms with E-state index in [2.05, 4.69) is 32.1 Å². The molecule has 0 bridgehead atoms. The molecule has 38 heavy (non-hydrogen) atoms. The highest BCUT2D eigenvalue weighted by atomic mass is 19.4. The summed E-state index contributed by atoms with van der Waals surface area (Å²) in [4.78, 5) is 22.8. The van der Waals surface area contributed by atoms with Crippen LogP contribution in [0.4, 0.5) is 26.3 Å². The number of halogens is 6. The van der Waals surface area contributed by atoms with Gasteiger partial charge in [0.1, 0.15) is 5.75 Å². The van der Waals surface area contributed by atoms with Gasteiger partial charge in [-0.25, -0.2) is 9.59 Å². The second-order valence-electron chi connectivity index (χ2n) is 8.53. The minimum absolute atomic E-state index is 0.916. The van der Waals surface area contributed by atoms with Crippen molar-refractivity contribution in [2.45, 2.75) is 51.2 Å². The summed E-state index contributed by atoms with van der Waals surface area (Å²) in [6, 6.07) is 8.38. The Morgan fingerprint density at radius 2 is 1.45 bits per heavy atom. The number of H-pyrrole nitrogens is 1. The Hall–Kier alpha value is -3.33. The van der Waals surface area contributed by atoms with Gasteiger partial charge in [0.25, 0.3) is 0 Å². The fraction of sp³-hybridized carbons (Fsp3) is 0.522. The van der Waals surface area contributed by atoms with E-state index in [4.69, 9.17) is 24.5 Å². The molecule has 0 amide bonds. The zero-order chi connectivity index (χ0) is 28.5. The molecule has 212 valence electrons. The lowest BCUT2D eigenvalue weighted by molar-refractivity contribution is -0.193. The summed E-state index contributed by atoms with van der Waals surface area (Å²) >= 11 is 0. The first-order chi connectivity index (χ1) is 17.7. The SMILES string of the molecule is COc1ccc(CN2CCc3c(CN4CCCC4)n[nH]c3C2)cc1.O=C(O)C(F)(F)F.O=C(O)C(F)(F)F. The number of carboxylic acid groups (broad SMARTS) is 2. The number of aromatic nitrogens is 2. The monoisotopic (exact) mass is 554 g/mol. The maximum atomic E-state index is 10.6. The summed E-state index contributed by atoms with van der Waals surface area (Å²) in [6.45, 7) is 6.52. The molecule has 3 heterocycles. The number of fused-ring (bicyclic) bond motifs is 1. The second-order valence-corrected chi connectivity index (χ2v) is 8.53. The van der Waals surface area contributed by atoms with Crippen LogP contribution in [0.3, 0.4) is 0 Å². The number of nitrogens with one attached hydrogen (secondary N) is 1. The Balaban J connectivity index is 0.000000301. The van der Waals surface area contributed by atoms with E-state index in [0.717, 1.165) is 38.3 Å². The van der Waals surface area contributed by atoms with Gasteiger partial charge < -0.3 is 14.9 Å². The van der Waals surface area contributed by atoms with Crippen LogP contribution in [0.25, 0.3) is 0 Å². The summed E-state index contributed by atoms with van der Waals surface area (Å²) in [5.74, 6) is -4.60. The predicted octanol–water partition coefficient (Wildman–Crippen LogP) is 3.84. The fourth-order valence-electron chi connectivity index (χ4n) is 3.85. The highest BCUT2D eigenvalue weighted by Crippen LogP contribution is 2.24. The first-order valence-electron chi connectivity index (χ1n) is 11.4. The normalized spacial score (nSPS) is 16.0. The fourth-order valence-corrected chi connectivity index (χ4v) is 3.85. The van der Waals surface area contributed by atoms with Gasteiger partial charge in [0, 0.05) is 31.7 Å². The predicted molar refractivity (Wildman–Crippen MR) is 121 cm³/mol. The number of likely N-dealkylation sites (tertiary alicyclic amines) is 1. The molecule has 15 heteroatoms. The first-order valence-corrected chi connectivity index (χ1v) is 11.4. The third-order valence-corrected chi connectivity index (χ3v) is 5.72. The lowest BCUT2D eigenvalue weighted by atomic mass is 10.0. The Kier molecular flexibility index (Phi) is 10.9. The number of benzene rings is 1. The second kappa shape index (κ2) is 13.5. The van der Waals surface area contributed by atoms with Crippen molar-refractivity contribution in [1.29, 1.82) is 0 Å². The molecule has 0 saturated carbocycles. The number of alkyl halides is 6. The van der Waals surface area contributed by atoms with Crippen LogP contribution in [0.15, 0.2) is 24.3 Å². The van der Waals surface area contributed by atoms with Crippen LogP contribution >= 0.6 is 0 Å². The van der Waals surface area contributed by atoms with E-state index in [9.17, 15) is 26.3 Å². The van der Waals surface area contributed by atoms with Crippen molar-refractivity contribution in [3.05, 3.63) is 46.8 Å². The van der Waals surface area contributed by atoms with E-state index >= 15 is 0 Å². The van der Waals surface area contributed by atoms with Crippen LogP contribution in [0.2, 0.25) is 0 Å². The zero-order valence-corrected chi connectivity index (χ0v) is 20.4. The van der Waals surface area contributed by atoms with E-state index < -0.39 is 24.3 Å². The maximum Gasteiger partial charge on any atom is 0.490 e. The molecular weight excluding hydrogens is 526 g/mol. The van der Waals surface area contributed by atoms with Crippen molar-refractivity contribution >= 4 is 11.9 Å². The van der Waals surface area contributed by atoms with Crippen molar-refractivity contribution in [2.24, 2.45) is 0 Å². The number of rotatable bonds is 5. The first kappa shape index (κ1) is 30.9. The van der Waals surface area contributed by atoms with Gasteiger partial charge in [0.15, 0.2) is 0 Å². The highest BCUT2D eigenvalue weighted by Gasteiger charge is 2.38. The number of nitrogens with zero attached hydrogens (tertiary/aromatic N) is 3. The molecule has 1 aromatic carbocycles. The summed E-state index contributed by atoms with van der Waals surface area (Å²) in [5.41, 5.74) is 5.38. The molecule has 0 spiro atoms. The molecule has 2 aliphatic heterocycles. The number of hydrogen-bond acceptors (Lipinski definition) is 6. The van der Waals surface area contributed by atoms with Gasteiger partial charge in [0.2, 0.25) is 0 Å². The van der Waals surface area contributed by atoms with Gasteiger partial charge >= 0.3 is 24.3 Å². The van der Waals surface area contributed by atoms with Crippen molar-refractivity contribution in [2.75, 3.05) is 26.7 Å². The number of aromatic amines is 1. The molecule has 2 aliphatic rings. The van der Waals surface area contributed by atoms with E-state index in [-0.39, 0.29) is 0 Å². The lowest BCUT2D eigenvalue weighted by Gasteiger charge is -2.27. The standard InChI is InChI=1S/C19H26N4O.2C2HF3O2/c1-24-16-6-4-15(5-7-16)12-23-11-8-17-18(20-21-19(17)14-23)13-22-9-2-3-10-22;2*3-2(4,5)1(6)7/h4-7H,2-3,8-14H2,1H3,(H,20,21);2*(H,6,7). The maximum absolute atomic E-state index is 10.6. The van der Waals surface area contributed by atoms with Gasteiger partial charge in [-0.2, -0.15) is 31.4 Å². The smallest absolute Gasteiger partial charge is 0.490 e. The van der Waals surface area contributed by atoms with Crippen molar-refractivity contribution in [1.82, 2.24) is 20.0 Å². The van der Waals surface area contributed by atoms with E-state index in [1.165, 1.54) is 48.4 Å². The van der Waals surface area contributed by atoms with Crippen molar-refractivity contribution in [3.8, 4) is 5.75 Å². The molecule has 4 rings (SSSR count). The molecule has 0 radical (unpaired) electrons. The van der Waals surface area contributed by atoms with Gasteiger partial charge in [-0.05, 0) is 50.0 Å². The van der Waals surface area contributed by atoms with Gasteiger partial charge in [-0.3, -0.25) is 14.9 Å². The zero-order valence-electron chi connectivity index (χ0n) is 20.4. The molecule has 1 aromatic heterocycles. The van der Waals surface area contributed by atoms with Crippen LogP contribution in [-0.4, -0.2) is 81.2 Å². The Morgan fingerprint density at radius 1 is 0.921 bits per heavy atom. The summed E-state index contributed by atoms with van der Waals surface area (Å²) in [7, 11) is 1.71. The number of carboxylic acids is 2. The molecule has 9 nitrogen and oxygen atoms in total. The number of ether oxygens (including phenoxy) is 1. The van der Waals surface area contributed by atoms with Crippen LogP contribution in [0, 0.1) is 0 Å². The molecule has 0 unspecified atom stereocenters. The van der Waals surface area contributed by atoms with Crippen LogP contribution in [-0.2, 0) is 35.6 Å². The molecule has 1 fully saturated rings. The minimum Gasteiger partial charge on any atom is -0.497 e. The number of aliphatic carboxylic acids is 2. The average molecular weight is 554 g/mol. The van der Waals surface area contributed by atoms with Crippen molar-refractivity contribution in [3.63, 3.8) is 0 Å². The Morgan fingerprint density at radius 3 is 1.92 bits per heavy atom. The molecule has 2 aromatic rings. The molecule has 1 saturated heterocycles. The summed E-state index contributed by atoms with van der Waals surface area (Å²) in [5, 5.41) is 22.2. The summed E-state index contributed by atoms with van der Waals surface area (Å²) in [6.07, 6.45) is -6.39. The third-order valence-electron chi connectivity index (χ3n) is 5.72. The topological polar surface area (TPSA) is 119 Å². The number of carbonyl (C=O) groups is 2. The van der Waals surface area contributed by atoms with E-state index in [1.54, 1.807) is 7.11 Å². The average Bonchev–Trinajstić information content (AvgIpc) is 3.49. The Labute approximate surface area is 214 Å². The number of hydrogen-bond donors (Lipinski definition) is 3. The van der Waals surface area contributed by atoms with Crippen LogP contribution < -0.4 is 4.74 Å². The van der Waals surface area contributed by atoms with Crippen LogP contribution in [0.5, 0.6) is 5.75 Å². The van der Waals surface area contributed by atoms with E-state index in [1.807, 2.05) is 12.1 Å². The molecular formula is C23H28F6N4O5. The van der Waals surface area contributed by atoms with Crippen LogP contribution in [0.1, 0.15) is 35.4 Å². The van der Waals surface area contributed by atoms with Gasteiger partial charge in [-0.15, -0.1) is 0 Å². The molecule has 0 atom stereocenters. The van der Waals surface area contributed by atoms with Crippen molar-refractivity contribution < 1.29 is 50.9 Å². The quantitative estimate of drug-likeness (QED) is 0.478. The van der Waals surface area contributed by atoms with Gasteiger partial charge in [0.05, 0.1) is 18.5 Å². The third kappa shape index (κ3) is 9.85. The summed E-state index contributed by atoms with van der Waals surface area (Å²) < 4.78 is 68.7.